The van der Waals surface area contributed by atoms with Crippen molar-refractivity contribution in [1.82, 2.24) is 15.0 Å². The second-order valence-corrected chi connectivity index (χ2v) is 3.87. The molecule has 2 N–H and O–H groups in total. The molecule has 84 valence electrons. The minimum atomic E-state index is 0.328. The van der Waals surface area contributed by atoms with Crippen LogP contribution in [0.15, 0.2) is 4.52 Å². The molecule has 5 nitrogen and oxygen atoms in total. The largest absolute Gasteiger partial charge is 0.338 e. The summed E-state index contributed by atoms with van der Waals surface area (Å²) in [6, 6.07) is 0.328. The first-order chi connectivity index (χ1) is 7.35. The smallest absolute Gasteiger partial charge is 0.243 e. The Balaban J connectivity index is 2.07. The van der Waals surface area contributed by atoms with Crippen molar-refractivity contribution >= 4 is 0 Å². The Bertz CT molecular complexity index is 312. The van der Waals surface area contributed by atoms with Crippen LogP contribution in [0.2, 0.25) is 0 Å². The van der Waals surface area contributed by atoms with Gasteiger partial charge in [0.25, 0.3) is 0 Å². The third kappa shape index (κ3) is 2.18. The molecule has 1 aromatic heterocycles. The molecular weight excluding hydrogens is 192 g/mol. The zero-order valence-electron chi connectivity index (χ0n) is 9.15. The van der Waals surface area contributed by atoms with Crippen molar-refractivity contribution in [1.29, 1.82) is 0 Å². The Hall–Kier alpha value is -0.940. The van der Waals surface area contributed by atoms with Gasteiger partial charge in [0.1, 0.15) is 0 Å². The molecule has 1 atom stereocenters. The first-order valence-electron chi connectivity index (χ1n) is 5.61. The Kier molecular flexibility index (Phi) is 3.33. The molecule has 0 spiro atoms. The lowest BCUT2D eigenvalue weighted by molar-refractivity contribution is 0.217. The van der Waals surface area contributed by atoms with E-state index in [1.54, 1.807) is 0 Å². The highest BCUT2D eigenvalue weighted by Gasteiger charge is 2.29. The van der Waals surface area contributed by atoms with Crippen molar-refractivity contribution < 1.29 is 4.52 Å². The fourth-order valence-electron chi connectivity index (χ4n) is 2.12. The Morgan fingerprint density at radius 3 is 3.20 bits per heavy atom. The lowest BCUT2D eigenvalue weighted by atomic mass is 10.2. The summed E-state index contributed by atoms with van der Waals surface area (Å²) < 4.78 is 5.27. The van der Waals surface area contributed by atoms with E-state index in [2.05, 4.69) is 22.0 Å². The predicted molar refractivity (Wildman–Crippen MR) is 56.3 cm³/mol. The van der Waals surface area contributed by atoms with E-state index in [0.29, 0.717) is 19.0 Å². The zero-order valence-corrected chi connectivity index (χ0v) is 9.15. The number of likely N-dealkylation sites (tertiary alicyclic amines) is 1. The summed E-state index contributed by atoms with van der Waals surface area (Å²) in [7, 11) is 0. The molecule has 1 aliphatic heterocycles. The van der Waals surface area contributed by atoms with E-state index >= 15 is 0 Å². The SMILES string of the molecule is CCN1CCCC1c1nc(CCN)no1. The van der Waals surface area contributed by atoms with Crippen molar-refractivity contribution in [2.24, 2.45) is 5.73 Å². The highest BCUT2D eigenvalue weighted by Crippen LogP contribution is 2.30. The average molecular weight is 210 g/mol. The van der Waals surface area contributed by atoms with Crippen LogP contribution in [0.3, 0.4) is 0 Å². The first kappa shape index (κ1) is 10.6. The van der Waals surface area contributed by atoms with E-state index < -0.39 is 0 Å². The first-order valence-corrected chi connectivity index (χ1v) is 5.61. The van der Waals surface area contributed by atoms with Crippen LogP contribution >= 0.6 is 0 Å². The van der Waals surface area contributed by atoms with Crippen LogP contribution in [-0.4, -0.2) is 34.7 Å². The van der Waals surface area contributed by atoms with Crippen LogP contribution in [0.1, 0.15) is 37.5 Å². The summed E-state index contributed by atoms with van der Waals surface area (Å²) in [4.78, 5) is 6.76. The third-order valence-corrected chi connectivity index (χ3v) is 2.91. The summed E-state index contributed by atoms with van der Waals surface area (Å²) >= 11 is 0. The molecule has 0 aromatic carbocycles. The van der Waals surface area contributed by atoms with Gasteiger partial charge in [-0.05, 0) is 32.5 Å². The standard InChI is InChI=1S/C10H18N4O/c1-2-14-7-3-4-8(14)10-12-9(5-6-11)13-15-10/h8H,2-7,11H2,1H3. The summed E-state index contributed by atoms with van der Waals surface area (Å²) in [6.07, 6.45) is 3.04. The third-order valence-electron chi connectivity index (χ3n) is 2.91. The van der Waals surface area contributed by atoms with Crippen molar-refractivity contribution in [3.8, 4) is 0 Å². The van der Waals surface area contributed by atoms with E-state index in [4.69, 9.17) is 10.3 Å². The number of aromatic nitrogens is 2. The Labute approximate surface area is 89.6 Å². The van der Waals surface area contributed by atoms with Crippen molar-refractivity contribution in [2.75, 3.05) is 19.6 Å². The number of hydrogen-bond donors (Lipinski definition) is 1. The number of nitrogens with zero attached hydrogens (tertiary/aromatic N) is 3. The quantitative estimate of drug-likeness (QED) is 0.793. The molecule has 1 saturated heterocycles. The zero-order chi connectivity index (χ0) is 10.7. The van der Waals surface area contributed by atoms with Gasteiger partial charge < -0.3 is 10.3 Å². The Morgan fingerprint density at radius 1 is 1.60 bits per heavy atom. The topological polar surface area (TPSA) is 68.2 Å². The molecule has 1 unspecified atom stereocenters. The predicted octanol–water partition coefficient (Wildman–Crippen LogP) is 0.728. The fourth-order valence-corrected chi connectivity index (χ4v) is 2.12. The van der Waals surface area contributed by atoms with Crippen LogP contribution < -0.4 is 5.73 Å². The summed E-state index contributed by atoms with van der Waals surface area (Å²) in [5, 5.41) is 3.93. The van der Waals surface area contributed by atoms with E-state index in [1.165, 1.54) is 6.42 Å². The Morgan fingerprint density at radius 2 is 2.47 bits per heavy atom. The van der Waals surface area contributed by atoms with Crippen LogP contribution in [-0.2, 0) is 6.42 Å². The second-order valence-electron chi connectivity index (χ2n) is 3.87. The van der Waals surface area contributed by atoms with Gasteiger partial charge in [-0.2, -0.15) is 4.98 Å². The van der Waals surface area contributed by atoms with Gasteiger partial charge in [-0.1, -0.05) is 12.1 Å². The molecule has 0 aliphatic carbocycles. The second kappa shape index (κ2) is 4.72. The van der Waals surface area contributed by atoms with Gasteiger partial charge in [0.15, 0.2) is 5.82 Å². The van der Waals surface area contributed by atoms with Gasteiger partial charge in [0.2, 0.25) is 5.89 Å². The molecule has 5 heteroatoms. The lowest BCUT2D eigenvalue weighted by Gasteiger charge is -2.18. The highest BCUT2D eigenvalue weighted by molar-refractivity contribution is 4.96. The number of nitrogens with two attached hydrogens (primary N) is 1. The van der Waals surface area contributed by atoms with E-state index in [-0.39, 0.29) is 0 Å². The minimum Gasteiger partial charge on any atom is -0.338 e. The molecule has 1 aromatic rings. The van der Waals surface area contributed by atoms with Crippen LogP contribution in [0.4, 0.5) is 0 Å². The molecule has 2 heterocycles. The fraction of sp³-hybridized carbons (Fsp3) is 0.800. The molecule has 0 amide bonds. The molecule has 0 radical (unpaired) electrons. The molecule has 15 heavy (non-hydrogen) atoms. The van der Waals surface area contributed by atoms with Crippen LogP contribution in [0, 0.1) is 0 Å². The molecule has 1 fully saturated rings. The lowest BCUT2D eigenvalue weighted by Crippen LogP contribution is -2.22. The van der Waals surface area contributed by atoms with Crippen molar-refractivity contribution in [3.63, 3.8) is 0 Å². The normalized spacial score (nSPS) is 22.4. The maximum absolute atomic E-state index is 5.44. The van der Waals surface area contributed by atoms with Gasteiger partial charge >= 0.3 is 0 Å². The maximum Gasteiger partial charge on any atom is 0.243 e. The van der Waals surface area contributed by atoms with Crippen molar-refractivity contribution in [2.45, 2.75) is 32.2 Å². The average Bonchev–Trinajstić information content (AvgIpc) is 2.84. The van der Waals surface area contributed by atoms with Gasteiger partial charge in [0, 0.05) is 6.42 Å². The summed E-state index contributed by atoms with van der Waals surface area (Å²) in [5.74, 6) is 1.49. The highest BCUT2D eigenvalue weighted by atomic mass is 16.5. The van der Waals surface area contributed by atoms with Gasteiger partial charge in [-0.25, -0.2) is 0 Å². The summed E-state index contributed by atoms with van der Waals surface area (Å²) in [5.41, 5.74) is 5.44. The minimum absolute atomic E-state index is 0.328. The number of hydrogen-bond acceptors (Lipinski definition) is 5. The number of rotatable bonds is 4. The molecule has 1 aliphatic rings. The van der Waals surface area contributed by atoms with E-state index in [1.807, 2.05) is 0 Å². The van der Waals surface area contributed by atoms with Crippen LogP contribution in [0.5, 0.6) is 0 Å². The van der Waals surface area contributed by atoms with Gasteiger partial charge in [-0.3, -0.25) is 4.90 Å². The molecule has 0 saturated carbocycles. The van der Waals surface area contributed by atoms with Gasteiger partial charge in [-0.15, -0.1) is 0 Å². The van der Waals surface area contributed by atoms with Gasteiger partial charge in [0.05, 0.1) is 6.04 Å². The van der Waals surface area contributed by atoms with Crippen molar-refractivity contribution in [3.05, 3.63) is 11.7 Å². The monoisotopic (exact) mass is 210 g/mol. The van der Waals surface area contributed by atoms with E-state index in [9.17, 15) is 0 Å². The molecule has 2 rings (SSSR count). The summed E-state index contributed by atoms with van der Waals surface area (Å²) in [6.45, 7) is 4.91. The van der Waals surface area contributed by atoms with Crippen LogP contribution in [0.25, 0.3) is 0 Å². The molecule has 0 bridgehead atoms. The van der Waals surface area contributed by atoms with E-state index in [0.717, 1.165) is 31.2 Å². The molecular formula is C10H18N4O. The maximum atomic E-state index is 5.44.